The van der Waals surface area contributed by atoms with Crippen molar-refractivity contribution in [2.75, 3.05) is 40.9 Å². The predicted octanol–water partition coefficient (Wildman–Crippen LogP) is 16.4. The van der Waals surface area contributed by atoms with Gasteiger partial charge in [-0.15, -0.1) is 0 Å². The number of carbonyl (C=O) groups excluding carboxylic acids is 1. The minimum atomic E-state index is -4.60. The van der Waals surface area contributed by atoms with Crippen molar-refractivity contribution in [3.8, 4) is 0 Å². The average Bonchev–Trinajstić information content (AvgIpc) is 3.28. The molecule has 0 aliphatic rings. The van der Waals surface area contributed by atoms with Gasteiger partial charge in [0.2, 0.25) is 5.91 Å². The second-order valence-electron chi connectivity index (χ2n) is 20.6. The summed E-state index contributed by atoms with van der Waals surface area (Å²) >= 11 is 0. The van der Waals surface area contributed by atoms with Gasteiger partial charge in [-0.3, -0.25) is 9.36 Å². The van der Waals surface area contributed by atoms with Gasteiger partial charge in [0.25, 0.3) is 7.82 Å². The number of hydrogen-bond acceptors (Lipinski definition) is 6. The van der Waals surface area contributed by atoms with Crippen molar-refractivity contribution in [1.82, 2.24) is 5.32 Å². The number of nitrogens with zero attached hydrogens (tertiary/aromatic N) is 1. The lowest BCUT2D eigenvalue weighted by Gasteiger charge is -2.29. The Balaban J connectivity index is 4.19. The first-order valence-electron chi connectivity index (χ1n) is 28.4. The van der Waals surface area contributed by atoms with Crippen LogP contribution in [-0.2, 0) is 18.4 Å². The number of carbonyl (C=O) groups is 1. The Bertz CT molecular complexity index is 1170. The smallest absolute Gasteiger partial charge is 0.268 e. The highest BCUT2D eigenvalue weighted by Crippen LogP contribution is 2.38. The molecule has 0 saturated heterocycles. The molecule has 390 valence electrons. The van der Waals surface area contributed by atoms with Crippen LogP contribution < -0.4 is 10.2 Å². The molecule has 1 amide bonds. The van der Waals surface area contributed by atoms with Gasteiger partial charge in [0.1, 0.15) is 13.2 Å². The number of likely N-dealkylation sites (N-methyl/N-ethyl adjacent to an activating group) is 1. The maximum Gasteiger partial charge on any atom is 0.268 e. The molecule has 8 nitrogen and oxygen atoms in total. The van der Waals surface area contributed by atoms with Gasteiger partial charge in [-0.1, -0.05) is 243 Å². The molecule has 0 aliphatic heterocycles. The van der Waals surface area contributed by atoms with E-state index in [1.165, 1.54) is 199 Å². The van der Waals surface area contributed by atoms with Crippen molar-refractivity contribution in [3.05, 3.63) is 36.5 Å². The monoisotopic (exact) mass is 951 g/mol. The molecule has 0 radical (unpaired) electrons. The normalized spacial score (nSPS) is 14.2. The van der Waals surface area contributed by atoms with E-state index >= 15 is 0 Å². The lowest BCUT2D eigenvalue weighted by Crippen LogP contribution is -2.45. The van der Waals surface area contributed by atoms with E-state index in [0.29, 0.717) is 17.4 Å². The summed E-state index contributed by atoms with van der Waals surface area (Å²) in [7, 11) is 1.24. The predicted molar refractivity (Wildman–Crippen MR) is 284 cm³/mol. The number of rotatable bonds is 52. The van der Waals surface area contributed by atoms with Crippen LogP contribution in [0.1, 0.15) is 271 Å². The number of phosphoric ester groups is 1. The largest absolute Gasteiger partial charge is 0.756 e. The molecule has 0 aliphatic carbocycles. The fourth-order valence-corrected chi connectivity index (χ4v) is 9.06. The third-order valence-electron chi connectivity index (χ3n) is 12.8. The van der Waals surface area contributed by atoms with E-state index in [2.05, 4.69) is 43.5 Å². The van der Waals surface area contributed by atoms with Crippen molar-refractivity contribution in [2.24, 2.45) is 0 Å². The number of quaternary nitrogens is 1. The molecule has 0 heterocycles. The van der Waals surface area contributed by atoms with Crippen molar-refractivity contribution < 1.29 is 32.9 Å². The fourth-order valence-electron chi connectivity index (χ4n) is 8.34. The Morgan fingerprint density at radius 1 is 0.515 bits per heavy atom. The molecule has 0 fully saturated rings. The van der Waals surface area contributed by atoms with Crippen molar-refractivity contribution in [1.29, 1.82) is 0 Å². The Labute approximate surface area is 410 Å². The zero-order valence-electron chi connectivity index (χ0n) is 44.4. The summed E-state index contributed by atoms with van der Waals surface area (Å²) in [4.78, 5) is 25.4. The lowest BCUT2D eigenvalue weighted by molar-refractivity contribution is -0.870. The molecule has 3 unspecified atom stereocenters. The molecular weight excluding hydrogens is 840 g/mol. The summed E-state index contributed by atoms with van der Waals surface area (Å²) < 4.78 is 23.3. The van der Waals surface area contributed by atoms with E-state index in [4.69, 9.17) is 9.05 Å². The van der Waals surface area contributed by atoms with E-state index in [-0.39, 0.29) is 12.5 Å². The molecule has 0 aromatic heterocycles. The minimum Gasteiger partial charge on any atom is -0.756 e. The summed E-state index contributed by atoms with van der Waals surface area (Å²) in [5.74, 6) is -0.214. The number of aliphatic hydroxyl groups is 1. The Hall–Kier alpha value is -1.28. The van der Waals surface area contributed by atoms with Crippen LogP contribution in [0.15, 0.2) is 36.5 Å². The molecule has 2 N–H and O–H groups in total. The van der Waals surface area contributed by atoms with Gasteiger partial charge < -0.3 is 28.8 Å². The molecule has 0 aromatic rings. The van der Waals surface area contributed by atoms with Crippen molar-refractivity contribution in [2.45, 2.75) is 283 Å². The molecule has 0 saturated carbocycles. The van der Waals surface area contributed by atoms with E-state index in [1.54, 1.807) is 6.08 Å². The number of hydrogen-bond donors (Lipinski definition) is 2. The zero-order chi connectivity index (χ0) is 48.5. The molecule has 66 heavy (non-hydrogen) atoms. The zero-order valence-corrected chi connectivity index (χ0v) is 45.3. The Morgan fingerprint density at radius 3 is 1.23 bits per heavy atom. The lowest BCUT2D eigenvalue weighted by atomic mass is 10.0. The van der Waals surface area contributed by atoms with E-state index < -0.39 is 26.6 Å². The Kier molecular flexibility index (Phi) is 47.8. The first-order valence-corrected chi connectivity index (χ1v) is 29.8. The topological polar surface area (TPSA) is 108 Å². The summed E-state index contributed by atoms with van der Waals surface area (Å²) in [5.41, 5.74) is 0. The van der Waals surface area contributed by atoms with Gasteiger partial charge in [0.15, 0.2) is 0 Å². The fraction of sp³-hybridized carbons (Fsp3) is 0.877. The van der Waals surface area contributed by atoms with Gasteiger partial charge in [0, 0.05) is 6.42 Å². The average molecular weight is 951 g/mol. The third kappa shape index (κ3) is 50.6. The third-order valence-corrected chi connectivity index (χ3v) is 13.8. The quantitative estimate of drug-likeness (QED) is 0.0272. The van der Waals surface area contributed by atoms with Crippen molar-refractivity contribution >= 4 is 13.7 Å². The number of phosphoric acid groups is 1. The molecule has 9 heteroatoms. The summed E-state index contributed by atoms with van der Waals surface area (Å²) in [6.07, 6.45) is 62.3. The van der Waals surface area contributed by atoms with Crippen LogP contribution >= 0.6 is 7.82 Å². The molecule has 0 aromatic carbocycles. The first kappa shape index (κ1) is 64.7. The van der Waals surface area contributed by atoms with Crippen LogP contribution in [0.4, 0.5) is 0 Å². The van der Waals surface area contributed by atoms with Crippen LogP contribution in [0.2, 0.25) is 0 Å². The molecular formula is C57H111N2O6P. The standard InChI is InChI=1S/C57H111N2O6P/c1-6-8-10-12-14-16-18-20-22-23-24-25-26-27-28-29-30-31-32-33-34-35-37-38-40-42-44-46-48-50-56(60)55(54-65-66(62,63)64-53-52-59(3,4)5)58-57(61)51-49-47-45-43-41-39-36-21-19-17-15-13-11-9-7-2/h21,36,40,42,48,50,55-56,60H,6-20,22-35,37-39,41,43-47,49,51-54H2,1-5H3,(H-,58,61,62,63)/b36-21-,42-40+,50-48+. The van der Waals surface area contributed by atoms with Gasteiger partial charge in [-0.05, 0) is 57.8 Å². The molecule has 0 spiro atoms. The van der Waals surface area contributed by atoms with Crippen molar-refractivity contribution in [3.63, 3.8) is 0 Å². The van der Waals surface area contributed by atoms with E-state index in [9.17, 15) is 19.4 Å². The molecule has 0 bridgehead atoms. The van der Waals surface area contributed by atoms with E-state index in [0.717, 1.165) is 51.4 Å². The maximum absolute atomic E-state index is 12.9. The highest BCUT2D eigenvalue weighted by molar-refractivity contribution is 7.45. The van der Waals surface area contributed by atoms with Gasteiger partial charge >= 0.3 is 0 Å². The summed E-state index contributed by atoms with van der Waals surface area (Å²) in [5, 5.41) is 13.8. The highest BCUT2D eigenvalue weighted by atomic mass is 31.2. The number of aliphatic hydroxyl groups excluding tert-OH is 1. The van der Waals surface area contributed by atoms with Crippen LogP contribution in [0.5, 0.6) is 0 Å². The number of nitrogens with one attached hydrogen (secondary N) is 1. The second kappa shape index (κ2) is 48.7. The van der Waals surface area contributed by atoms with Crippen LogP contribution in [0, 0.1) is 0 Å². The summed E-state index contributed by atoms with van der Waals surface area (Å²) in [6, 6.07) is -0.907. The van der Waals surface area contributed by atoms with Crippen LogP contribution in [0.25, 0.3) is 0 Å². The maximum atomic E-state index is 12.9. The summed E-state index contributed by atoms with van der Waals surface area (Å²) in [6.45, 7) is 4.64. The first-order chi connectivity index (χ1) is 32.0. The second-order valence-corrected chi connectivity index (χ2v) is 22.0. The SMILES string of the molecule is CCCCCCCC/C=C\CCCCCCCC(=O)NC(COP(=O)([O-])OCC[N+](C)(C)C)C(O)/C=C/CC/C=C/CCCCCCCCCCCCCCCCCCCCCCCCC. The highest BCUT2D eigenvalue weighted by Gasteiger charge is 2.23. The Morgan fingerprint density at radius 2 is 0.848 bits per heavy atom. The van der Waals surface area contributed by atoms with E-state index in [1.807, 2.05) is 27.2 Å². The van der Waals surface area contributed by atoms with Gasteiger partial charge in [-0.2, -0.15) is 0 Å². The molecule has 0 rings (SSSR count). The van der Waals surface area contributed by atoms with Gasteiger partial charge in [0.05, 0.1) is 39.9 Å². The minimum absolute atomic E-state index is 0.00753. The number of allylic oxidation sites excluding steroid dienone is 5. The van der Waals surface area contributed by atoms with Gasteiger partial charge in [-0.25, -0.2) is 0 Å². The number of amides is 1. The van der Waals surface area contributed by atoms with Crippen LogP contribution in [-0.4, -0.2) is 68.5 Å². The number of unbranched alkanes of at least 4 members (excludes halogenated alkanes) is 35. The molecule has 3 atom stereocenters. The van der Waals surface area contributed by atoms with Crippen LogP contribution in [0.3, 0.4) is 0 Å².